The Labute approximate surface area is 157 Å². The minimum Gasteiger partial charge on any atom is -0.454 e. The summed E-state index contributed by atoms with van der Waals surface area (Å²) in [6.45, 7) is 5.91. The summed E-state index contributed by atoms with van der Waals surface area (Å²) < 4.78 is 15.8. The van der Waals surface area contributed by atoms with E-state index in [0.29, 0.717) is 29.3 Å². The number of hydrogen-bond donors (Lipinski definition) is 2. The molecule has 0 spiro atoms. The average molecular weight is 370 g/mol. The van der Waals surface area contributed by atoms with Gasteiger partial charge in [0.25, 0.3) is 5.91 Å². The van der Waals surface area contributed by atoms with Crippen LogP contribution in [0.5, 0.6) is 11.5 Å². The van der Waals surface area contributed by atoms with E-state index in [0.717, 1.165) is 5.56 Å². The van der Waals surface area contributed by atoms with Crippen LogP contribution < -0.4 is 20.1 Å². The zero-order valence-electron chi connectivity index (χ0n) is 15.5. The minimum atomic E-state index is -0.594. The van der Waals surface area contributed by atoms with Gasteiger partial charge >= 0.3 is 6.09 Å². The highest BCUT2D eigenvalue weighted by Gasteiger charge is 2.17. The molecule has 3 rings (SSSR count). The molecule has 2 N–H and O–H groups in total. The molecule has 0 aromatic heterocycles. The highest BCUT2D eigenvalue weighted by molar-refractivity contribution is 5.96. The largest absolute Gasteiger partial charge is 0.454 e. The van der Waals surface area contributed by atoms with Crippen LogP contribution in [0.2, 0.25) is 0 Å². The summed E-state index contributed by atoms with van der Waals surface area (Å²) in [5.41, 5.74) is 1.23. The molecule has 142 valence electrons. The van der Waals surface area contributed by atoms with Crippen molar-refractivity contribution < 1.29 is 23.8 Å². The van der Waals surface area contributed by atoms with E-state index in [4.69, 9.17) is 14.2 Å². The van der Waals surface area contributed by atoms with Gasteiger partial charge in [-0.25, -0.2) is 4.79 Å². The maximum absolute atomic E-state index is 12.4. The molecule has 1 aliphatic heterocycles. The Kier molecular flexibility index (Phi) is 5.21. The number of hydrogen-bond acceptors (Lipinski definition) is 5. The van der Waals surface area contributed by atoms with Crippen LogP contribution in [-0.4, -0.2) is 24.4 Å². The summed E-state index contributed by atoms with van der Waals surface area (Å²) in [6.07, 6.45) is -0.569. The number of rotatable bonds is 4. The Morgan fingerprint density at radius 3 is 2.63 bits per heavy atom. The van der Waals surface area contributed by atoms with Crippen LogP contribution in [0.4, 0.5) is 10.5 Å². The molecular weight excluding hydrogens is 348 g/mol. The number of nitrogens with one attached hydrogen (secondary N) is 2. The first kappa shape index (κ1) is 18.6. The van der Waals surface area contributed by atoms with Crippen molar-refractivity contribution in [1.82, 2.24) is 5.32 Å². The molecule has 0 atom stereocenters. The van der Waals surface area contributed by atoms with Gasteiger partial charge in [0.2, 0.25) is 6.79 Å². The highest BCUT2D eigenvalue weighted by atomic mass is 16.7. The van der Waals surface area contributed by atoms with Crippen molar-refractivity contribution in [2.24, 2.45) is 0 Å². The summed E-state index contributed by atoms with van der Waals surface area (Å²) >= 11 is 0. The molecule has 1 heterocycles. The monoisotopic (exact) mass is 370 g/mol. The first-order valence-electron chi connectivity index (χ1n) is 8.57. The third-order valence-corrected chi connectivity index (χ3v) is 3.66. The molecule has 2 aromatic rings. The second-order valence-electron chi connectivity index (χ2n) is 7.08. The molecule has 0 fully saturated rings. The number of anilines is 1. The molecule has 0 unspecified atom stereocenters. The fraction of sp³-hybridized carbons (Fsp3) is 0.300. The van der Waals surface area contributed by atoms with Crippen molar-refractivity contribution >= 4 is 17.7 Å². The Bertz CT molecular complexity index is 858. The fourth-order valence-corrected chi connectivity index (χ4v) is 2.49. The number of carbonyl (C=O) groups excluding carboxylic acids is 2. The van der Waals surface area contributed by atoms with E-state index < -0.39 is 11.7 Å². The van der Waals surface area contributed by atoms with E-state index in [-0.39, 0.29) is 12.7 Å². The van der Waals surface area contributed by atoms with Crippen molar-refractivity contribution in [3.63, 3.8) is 0 Å². The second kappa shape index (κ2) is 7.57. The lowest BCUT2D eigenvalue weighted by Gasteiger charge is -2.19. The Morgan fingerprint density at radius 2 is 1.85 bits per heavy atom. The van der Waals surface area contributed by atoms with Gasteiger partial charge in [0, 0.05) is 17.8 Å². The Morgan fingerprint density at radius 1 is 1.07 bits per heavy atom. The molecule has 0 radical (unpaired) electrons. The predicted octanol–water partition coefficient (Wildman–Crippen LogP) is 3.69. The van der Waals surface area contributed by atoms with Crippen molar-refractivity contribution in [3.8, 4) is 11.5 Å². The fourth-order valence-electron chi connectivity index (χ4n) is 2.49. The number of fused-ring (bicyclic) bond motifs is 1. The van der Waals surface area contributed by atoms with E-state index in [1.165, 1.54) is 0 Å². The predicted molar refractivity (Wildman–Crippen MR) is 100 cm³/mol. The van der Waals surface area contributed by atoms with Crippen molar-refractivity contribution in [2.45, 2.75) is 32.9 Å². The average Bonchev–Trinajstić information content (AvgIpc) is 3.06. The molecule has 0 aliphatic carbocycles. The van der Waals surface area contributed by atoms with Crippen LogP contribution in [-0.2, 0) is 11.3 Å². The third kappa shape index (κ3) is 5.13. The maximum Gasteiger partial charge on any atom is 0.412 e. The molecule has 2 amide bonds. The Balaban J connectivity index is 1.59. The van der Waals surface area contributed by atoms with Crippen LogP contribution in [0.25, 0.3) is 0 Å². The van der Waals surface area contributed by atoms with Crippen LogP contribution in [0.1, 0.15) is 36.7 Å². The lowest BCUT2D eigenvalue weighted by atomic mass is 10.1. The molecule has 1 aliphatic rings. The van der Waals surface area contributed by atoms with Gasteiger partial charge in [0.05, 0.1) is 0 Å². The molecule has 2 aromatic carbocycles. The zero-order chi connectivity index (χ0) is 19.4. The number of benzene rings is 2. The number of amides is 2. The topological polar surface area (TPSA) is 85.9 Å². The molecule has 0 bridgehead atoms. The molecule has 7 nitrogen and oxygen atoms in total. The highest BCUT2D eigenvalue weighted by Crippen LogP contribution is 2.32. The van der Waals surface area contributed by atoms with Gasteiger partial charge in [-0.2, -0.15) is 0 Å². The summed E-state index contributed by atoms with van der Waals surface area (Å²) in [5.74, 6) is 1.12. The van der Waals surface area contributed by atoms with Gasteiger partial charge in [-0.15, -0.1) is 0 Å². The van der Waals surface area contributed by atoms with Crippen molar-refractivity contribution in [1.29, 1.82) is 0 Å². The van der Waals surface area contributed by atoms with E-state index in [1.807, 2.05) is 18.2 Å². The Hall–Kier alpha value is -3.22. The quantitative estimate of drug-likeness (QED) is 0.857. The first-order valence-corrected chi connectivity index (χ1v) is 8.57. The van der Waals surface area contributed by atoms with E-state index in [2.05, 4.69) is 10.6 Å². The minimum absolute atomic E-state index is 0.211. The van der Waals surface area contributed by atoms with E-state index >= 15 is 0 Å². The van der Waals surface area contributed by atoms with Gasteiger partial charge in [-0.3, -0.25) is 10.1 Å². The first-order chi connectivity index (χ1) is 12.8. The van der Waals surface area contributed by atoms with Crippen LogP contribution in [0.15, 0.2) is 42.5 Å². The van der Waals surface area contributed by atoms with Gasteiger partial charge in [0.1, 0.15) is 5.60 Å². The second-order valence-corrected chi connectivity index (χ2v) is 7.08. The molecule has 0 saturated heterocycles. The zero-order valence-corrected chi connectivity index (χ0v) is 15.5. The standard InChI is InChI=1S/C20H22N2O5/c1-20(2,3)27-19(24)22-15-6-4-5-14(10-15)18(23)21-11-13-7-8-16-17(9-13)26-12-25-16/h4-10H,11-12H2,1-3H3,(H,21,23)(H,22,24). The summed E-state index contributed by atoms with van der Waals surface area (Å²) in [6, 6.07) is 12.2. The van der Waals surface area contributed by atoms with Crippen LogP contribution >= 0.6 is 0 Å². The van der Waals surface area contributed by atoms with Gasteiger partial charge in [0.15, 0.2) is 11.5 Å². The van der Waals surface area contributed by atoms with E-state index in [1.54, 1.807) is 45.0 Å². The van der Waals surface area contributed by atoms with E-state index in [9.17, 15) is 9.59 Å². The smallest absolute Gasteiger partial charge is 0.412 e. The third-order valence-electron chi connectivity index (χ3n) is 3.66. The normalized spacial score (nSPS) is 12.4. The van der Waals surface area contributed by atoms with Crippen molar-refractivity contribution in [3.05, 3.63) is 53.6 Å². The molecular formula is C20H22N2O5. The van der Waals surface area contributed by atoms with Gasteiger partial charge < -0.3 is 19.5 Å². The number of carbonyl (C=O) groups is 2. The number of ether oxygens (including phenoxy) is 3. The maximum atomic E-state index is 12.4. The van der Waals surface area contributed by atoms with Gasteiger partial charge in [-0.05, 0) is 56.7 Å². The lowest BCUT2D eigenvalue weighted by molar-refractivity contribution is 0.0635. The van der Waals surface area contributed by atoms with Crippen LogP contribution in [0, 0.1) is 0 Å². The summed E-state index contributed by atoms with van der Waals surface area (Å²) in [4.78, 5) is 24.3. The summed E-state index contributed by atoms with van der Waals surface area (Å²) in [5, 5.41) is 5.47. The SMILES string of the molecule is CC(C)(C)OC(=O)Nc1cccc(C(=O)NCc2ccc3c(c2)OCO3)c1. The molecule has 27 heavy (non-hydrogen) atoms. The van der Waals surface area contributed by atoms with Crippen molar-refractivity contribution in [2.75, 3.05) is 12.1 Å². The van der Waals surface area contributed by atoms with Crippen LogP contribution in [0.3, 0.4) is 0 Å². The molecule has 7 heteroatoms. The summed E-state index contributed by atoms with van der Waals surface area (Å²) in [7, 11) is 0. The lowest BCUT2D eigenvalue weighted by Crippen LogP contribution is -2.27. The van der Waals surface area contributed by atoms with Gasteiger partial charge in [-0.1, -0.05) is 12.1 Å². The molecule has 0 saturated carbocycles.